The van der Waals surface area contributed by atoms with Gasteiger partial charge < -0.3 is 14.2 Å². The van der Waals surface area contributed by atoms with Gasteiger partial charge in [0.15, 0.2) is 11.9 Å². The number of hydrogen-bond acceptors (Lipinski definition) is 3. The number of allylic oxidation sites excluding steroid dienone is 1. The molecule has 0 radical (unpaired) electrons. The molecule has 0 N–H and O–H groups in total. The molecule has 0 bridgehead atoms. The maximum atomic E-state index is 6.26. The van der Waals surface area contributed by atoms with E-state index in [1.807, 2.05) is 13.8 Å². The van der Waals surface area contributed by atoms with Gasteiger partial charge in [-0.3, -0.25) is 0 Å². The van der Waals surface area contributed by atoms with Gasteiger partial charge in [0.2, 0.25) is 0 Å². The van der Waals surface area contributed by atoms with Crippen LogP contribution in [0.15, 0.2) is 10.6 Å². The van der Waals surface area contributed by atoms with Crippen LogP contribution in [-0.4, -0.2) is 38.8 Å². The summed E-state index contributed by atoms with van der Waals surface area (Å²) >= 11 is 3.68. The SMILES string of the molecule is CC1(C)O[C@@H](C#CCOCCCC#C[Si](C)(C)C)[C@]2(CCCC=C2Br)O1. The van der Waals surface area contributed by atoms with Gasteiger partial charge in [0.25, 0.3) is 0 Å². The highest BCUT2D eigenvalue weighted by atomic mass is 79.9. The van der Waals surface area contributed by atoms with Crippen LogP contribution < -0.4 is 0 Å². The minimum Gasteiger partial charge on any atom is -0.369 e. The molecule has 1 spiro atoms. The van der Waals surface area contributed by atoms with Crippen LogP contribution in [0.3, 0.4) is 0 Å². The topological polar surface area (TPSA) is 27.7 Å². The average molecular weight is 439 g/mol. The molecule has 1 fully saturated rings. The zero-order valence-corrected chi connectivity index (χ0v) is 19.3. The fraction of sp³-hybridized carbons (Fsp3) is 0.714. The van der Waals surface area contributed by atoms with Crippen molar-refractivity contribution in [3.05, 3.63) is 10.6 Å². The Kier molecular flexibility index (Phi) is 7.59. The maximum Gasteiger partial charge on any atom is 0.166 e. The molecular formula is C21H31BrO3Si. The number of unbranched alkanes of at least 4 members (excludes halogenated alkanes) is 1. The molecule has 0 aromatic rings. The molecule has 0 unspecified atom stereocenters. The Hall–Kier alpha value is -0.563. The summed E-state index contributed by atoms with van der Waals surface area (Å²) < 4.78 is 19.0. The highest BCUT2D eigenvalue weighted by molar-refractivity contribution is 9.11. The minimum absolute atomic E-state index is 0.269. The summed E-state index contributed by atoms with van der Waals surface area (Å²) in [4.78, 5) is 0. The third-order valence-electron chi connectivity index (χ3n) is 4.19. The highest BCUT2D eigenvalue weighted by Gasteiger charge is 2.54. The van der Waals surface area contributed by atoms with Gasteiger partial charge in [-0.2, -0.15) is 0 Å². The lowest BCUT2D eigenvalue weighted by Gasteiger charge is -2.33. The van der Waals surface area contributed by atoms with Crippen molar-refractivity contribution in [2.24, 2.45) is 0 Å². The predicted molar refractivity (Wildman–Crippen MR) is 113 cm³/mol. The van der Waals surface area contributed by atoms with E-state index in [0.29, 0.717) is 13.2 Å². The smallest absolute Gasteiger partial charge is 0.166 e. The van der Waals surface area contributed by atoms with Crippen LogP contribution in [0.5, 0.6) is 0 Å². The van der Waals surface area contributed by atoms with Crippen molar-refractivity contribution in [3.8, 4) is 23.3 Å². The first-order valence-electron chi connectivity index (χ1n) is 9.45. The molecule has 0 saturated carbocycles. The van der Waals surface area contributed by atoms with Crippen molar-refractivity contribution < 1.29 is 14.2 Å². The molecule has 5 heteroatoms. The Labute approximate surface area is 168 Å². The first kappa shape index (κ1) is 21.7. The summed E-state index contributed by atoms with van der Waals surface area (Å²) in [6, 6.07) is 0. The summed E-state index contributed by atoms with van der Waals surface area (Å²) in [5.74, 6) is 8.99. The largest absolute Gasteiger partial charge is 0.369 e. The van der Waals surface area contributed by atoms with Gasteiger partial charge >= 0.3 is 0 Å². The Morgan fingerprint density at radius 1 is 1.31 bits per heavy atom. The van der Waals surface area contributed by atoms with Crippen molar-refractivity contribution in [3.63, 3.8) is 0 Å². The summed E-state index contributed by atoms with van der Waals surface area (Å²) in [5, 5.41) is 0. The zero-order chi connectivity index (χ0) is 19.3. The summed E-state index contributed by atoms with van der Waals surface area (Å²) in [6.07, 6.45) is 6.83. The van der Waals surface area contributed by atoms with Gasteiger partial charge in [-0.05, 0) is 39.5 Å². The third-order valence-corrected chi connectivity index (χ3v) is 6.12. The fourth-order valence-electron chi connectivity index (χ4n) is 3.13. The Morgan fingerprint density at radius 2 is 2.08 bits per heavy atom. The van der Waals surface area contributed by atoms with E-state index >= 15 is 0 Å². The zero-order valence-electron chi connectivity index (χ0n) is 16.7. The summed E-state index contributed by atoms with van der Waals surface area (Å²) in [7, 11) is -1.25. The second kappa shape index (κ2) is 9.09. The van der Waals surface area contributed by atoms with Gasteiger partial charge in [-0.1, -0.05) is 53.5 Å². The van der Waals surface area contributed by atoms with Gasteiger partial charge in [-0.15, -0.1) is 11.5 Å². The Balaban J connectivity index is 1.82. The van der Waals surface area contributed by atoms with E-state index < -0.39 is 19.5 Å². The van der Waals surface area contributed by atoms with Crippen molar-refractivity contribution >= 4 is 24.0 Å². The first-order valence-corrected chi connectivity index (χ1v) is 13.7. The highest BCUT2D eigenvalue weighted by Crippen LogP contribution is 2.48. The third kappa shape index (κ3) is 6.25. The molecule has 1 aliphatic carbocycles. The van der Waals surface area contributed by atoms with E-state index in [-0.39, 0.29) is 6.10 Å². The van der Waals surface area contributed by atoms with Crippen molar-refractivity contribution in [2.75, 3.05) is 13.2 Å². The van der Waals surface area contributed by atoms with E-state index in [1.165, 1.54) is 0 Å². The van der Waals surface area contributed by atoms with Crippen LogP contribution >= 0.6 is 15.9 Å². The Bertz CT molecular complexity index is 642. The van der Waals surface area contributed by atoms with Gasteiger partial charge in [-0.25, -0.2) is 0 Å². The molecule has 1 heterocycles. The van der Waals surface area contributed by atoms with Gasteiger partial charge in [0.05, 0.1) is 0 Å². The summed E-state index contributed by atoms with van der Waals surface area (Å²) in [6.45, 7) is 11.8. The van der Waals surface area contributed by atoms with Crippen molar-refractivity contribution in [2.45, 2.75) is 83.1 Å². The number of rotatable bonds is 4. The molecule has 3 nitrogen and oxygen atoms in total. The van der Waals surface area contributed by atoms with E-state index in [4.69, 9.17) is 14.2 Å². The average Bonchev–Trinajstić information content (AvgIpc) is 2.79. The molecule has 0 aromatic carbocycles. The molecule has 0 amide bonds. The lowest BCUT2D eigenvalue weighted by atomic mass is 9.86. The van der Waals surface area contributed by atoms with Crippen molar-refractivity contribution in [1.29, 1.82) is 0 Å². The second-order valence-corrected chi connectivity index (χ2v) is 14.0. The van der Waals surface area contributed by atoms with Gasteiger partial charge in [0.1, 0.15) is 20.3 Å². The maximum absolute atomic E-state index is 6.26. The lowest BCUT2D eigenvalue weighted by molar-refractivity contribution is -0.155. The molecular weight excluding hydrogens is 408 g/mol. The Morgan fingerprint density at radius 3 is 2.77 bits per heavy atom. The monoisotopic (exact) mass is 438 g/mol. The van der Waals surface area contributed by atoms with E-state index in [9.17, 15) is 0 Å². The van der Waals surface area contributed by atoms with E-state index in [2.05, 4.69) is 65.0 Å². The quantitative estimate of drug-likeness (QED) is 0.350. The van der Waals surface area contributed by atoms with Crippen LogP contribution in [0, 0.1) is 23.3 Å². The number of hydrogen-bond donors (Lipinski definition) is 0. The molecule has 1 aliphatic heterocycles. The van der Waals surface area contributed by atoms with Crippen LogP contribution in [0.4, 0.5) is 0 Å². The number of halogens is 1. The molecule has 2 atom stereocenters. The van der Waals surface area contributed by atoms with Gasteiger partial charge in [0, 0.05) is 17.5 Å². The van der Waals surface area contributed by atoms with Crippen LogP contribution in [-0.2, 0) is 14.2 Å². The fourth-order valence-corrected chi connectivity index (χ4v) is 4.50. The molecule has 2 rings (SSSR count). The standard InChI is InChI=1S/C21H31BrO3Si/c1-20(2)24-19(21(25-20)14-8-7-12-18(21)22)13-11-16-23-15-9-6-10-17-26(3,4)5/h12,19H,6-9,14-16H2,1-5H3/t19-,21+/m0/s1. The molecule has 1 saturated heterocycles. The first-order chi connectivity index (χ1) is 12.1. The van der Waals surface area contributed by atoms with E-state index in [0.717, 1.165) is 36.6 Å². The van der Waals surface area contributed by atoms with Crippen LogP contribution in [0.2, 0.25) is 19.6 Å². The molecule has 2 aliphatic rings. The molecule has 144 valence electrons. The second-order valence-electron chi connectivity index (χ2n) is 8.36. The van der Waals surface area contributed by atoms with Crippen molar-refractivity contribution in [1.82, 2.24) is 0 Å². The minimum atomic E-state index is -1.25. The van der Waals surface area contributed by atoms with Crippen LogP contribution in [0.1, 0.15) is 46.0 Å². The number of ether oxygens (including phenoxy) is 3. The van der Waals surface area contributed by atoms with E-state index in [1.54, 1.807) is 0 Å². The van der Waals surface area contributed by atoms with Crippen LogP contribution in [0.25, 0.3) is 0 Å². The molecule has 0 aromatic heterocycles. The normalized spacial score (nSPS) is 27.3. The predicted octanol–water partition coefficient (Wildman–Crippen LogP) is 5.02. The lowest BCUT2D eigenvalue weighted by Crippen LogP contribution is -2.41. The summed E-state index contributed by atoms with van der Waals surface area (Å²) in [5.41, 5.74) is 2.90. The molecule has 26 heavy (non-hydrogen) atoms.